The maximum Gasteiger partial charge on any atom is 0.435 e. The van der Waals surface area contributed by atoms with Crippen LogP contribution in [-0.2, 0) is 9.47 Å². The molecule has 0 fully saturated rings. The first-order valence-corrected chi connectivity index (χ1v) is 10.3. The van der Waals surface area contributed by atoms with Gasteiger partial charge in [-0.25, -0.2) is 9.59 Å². The van der Waals surface area contributed by atoms with E-state index in [1.54, 1.807) is 31.7 Å². The van der Waals surface area contributed by atoms with E-state index >= 15 is 0 Å². The number of rotatable bonds is 2. The van der Waals surface area contributed by atoms with Gasteiger partial charge in [0.25, 0.3) is 5.69 Å². The summed E-state index contributed by atoms with van der Waals surface area (Å²) in [6, 6.07) is 4.27. The second kappa shape index (κ2) is 8.25. The fourth-order valence-electron chi connectivity index (χ4n) is 3.27. The van der Waals surface area contributed by atoms with Crippen LogP contribution in [-0.4, -0.2) is 56.1 Å². The highest BCUT2D eigenvalue weighted by molar-refractivity contribution is 5.96. The first-order valence-electron chi connectivity index (χ1n) is 10.3. The zero-order valence-corrected chi connectivity index (χ0v) is 19.2. The minimum absolute atomic E-state index is 0.150. The minimum Gasteiger partial charge on any atom is -0.444 e. The summed E-state index contributed by atoms with van der Waals surface area (Å²) in [7, 11) is 0. The summed E-state index contributed by atoms with van der Waals surface area (Å²) in [5, 5.41) is 16.3. The highest BCUT2D eigenvalue weighted by Gasteiger charge is 2.28. The number of aromatic nitrogens is 2. The van der Waals surface area contributed by atoms with Gasteiger partial charge in [0.1, 0.15) is 11.2 Å². The van der Waals surface area contributed by atoms with Crippen LogP contribution in [0.3, 0.4) is 0 Å². The number of fused-ring (bicyclic) bond motifs is 1. The van der Waals surface area contributed by atoms with E-state index in [1.165, 1.54) is 12.1 Å². The van der Waals surface area contributed by atoms with Crippen LogP contribution in [0, 0.1) is 10.1 Å². The van der Waals surface area contributed by atoms with Crippen LogP contribution in [0.4, 0.5) is 15.3 Å². The number of nitro groups is 1. The number of hydrogen-bond donors (Lipinski definition) is 0. The minimum atomic E-state index is -0.756. The van der Waals surface area contributed by atoms with Crippen molar-refractivity contribution in [1.82, 2.24) is 14.7 Å². The van der Waals surface area contributed by atoms with Gasteiger partial charge in [-0.3, -0.25) is 10.1 Å². The molecule has 1 aliphatic rings. The molecular formula is C22H28N4O6. The molecule has 1 aromatic heterocycles. The van der Waals surface area contributed by atoms with Crippen LogP contribution < -0.4 is 0 Å². The van der Waals surface area contributed by atoms with E-state index in [0.717, 1.165) is 10.3 Å². The normalized spacial score (nSPS) is 14.8. The Hall–Kier alpha value is -3.43. The van der Waals surface area contributed by atoms with Gasteiger partial charge in [0.05, 0.1) is 16.1 Å². The van der Waals surface area contributed by atoms with Crippen molar-refractivity contribution in [3.05, 3.63) is 40.1 Å². The molecule has 0 unspecified atom stereocenters. The lowest BCUT2D eigenvalue weighted by Crippen LogP contribution is -2.39. The van der Waals surface area contributed by atoms with Gasteiger partial charge in [-0.2, -0.15) is 9.78 Å². The summed E-state index contributed by atoms with van der Waals surface area (Å²) in [4.78, 5) is 37.4. The lowest BCUT2D eigenvalue weighted by Gasteiger charge is -2.29. The van der Waals surface area contributed by atoms with Crippen LogP contribution >= 0.6 is 0 Å². The van der Waals surface area contributed by atoms with E-state index in [4.69, 9.17) is 9.47 Å². The monoisotopic (exact) mass is 444 g/mol. The Morgan fingerprint density at radius 3 is 2.22 bits per heavy atom. The summed E-state index contributed by atoms with van der Waals surface area (Å²) in [6.07, 6.45) is 1.24. The van der Waals surface area contributed by atoms with E-state index in [2.05, 4.69) is 5.10 Å². The Labute approximate surface area is 185 Å². The van der Waals surface area contributed by atoms with E-state index in [-0.39, 0.29) is 5.69 Å². The fourth-order valence-corrected chi connectivity index (χ4v) is 3.27. The Morgan fingerprint density at radius 2 is 1.69 bits per heavy atom. The number of carbonyl (C=O) groups excluding carboxylic acids is 2. The van der Waals surface area contributed by atoms with Gasteiger partial charge in [0, 0.05) is 30.6 Å². The Balaban J connectivity index is 1.98. The number of carbonyl (C=O) groups is 2. The first-order chi connectivity index (χ1) is 14.7. The smallest absolute Gasteiger partial charge is 0.435 e. The fraction of sp³-hybridized carbons (Fsp3) is 0.500. The van der Waals surface area contributed by atoms with Crippen molar-refractivity contribution >= 4 is 34.3 Å². The molecule has 0 N–H and O–H groups in total. The number of nitro benzene ring substituents is 1. The first kappa shape index (κ1) is 23.2. The lowest BCUT2D eigenvalue weighted by atomic mass is 10.0. The molecule has 3 rings (SSSR count). The maximum absolute atomic E-state index is 12.7. The van der Waals surface area contributed by atoms with Crippen molar-refractivity contribution < 1.29 is 24.0 Å². The molecule has 0 radical (unpaired) electrons. The summed E-state index contributed by atoms with van der Waals surface area (Å²) in [6.45, 7) is 11.4. The molecule has 0 saturated heterocycles. The molecule has 0 aliphatic carbocycles. The zero-order chi connectivity index (χ0) is 23.8. The molecule has 1 aliphatic heterocycles. The molecule has 2 heterocycles. The van der Waals surface area contributed by atoms with Gasteiger partial charge in [0.15, 0.2) is 0 Å². The topological polar surface area (TPSA) is 117 Å². The number of hydrogen-bond acceptors (Lipinski definition) is 7. The van der Waals surface area contributed by atoms with Gasteiger partial charge in [-0.1, -0.05) is 6.08 Å². The van der Waals surface area contributed by atoms with Crippen molar-refractivity contribution in [3.63, 3.8) is 0 Å². The summed E-state index contributed by atoms with van der Waals surface area (Å²) < 4.78 is 11.9. The predicted molar refractivity (Wildman–Crippen MR) is 118 cm³/mol. The molecule has 2 aromatic rings. The van der Waals surface area contributed by atoms with Gasteiger partial charge < -0.3 is 14.4 Å². The quantitative estimate of drug-likeness (QED) is 0.484. The van der Waals surface area contributed by atoms with E-state index < -0.39 is 28.3 Å². The third kappa shape index (κ3) is 5.24. The van der Waals surface area contributed by atoms with Gasteiger partial charge in [-0.05, 0) is 59.6 Å². The molecule has 0 bridgehead atoms. The number of non-ortho nitro benzene ring substituents is 1. The van der Waals surface area contributed by atoms with Crippen molar-refractivity contribution in [3.8, 4) is 0 Å². The number of nitrogens with zero attached hydrogens (tertiary/aromatic N) is 4. The van der Waals surface area contributed by atoms with E-state index in [1.807, 2.05) is 26.8 Å². The third-order valence-corrected chi connectivity index (χ3v) is 4.61. The maximum atomic E-state index is 12.7. The highest BCUT2D eigenvalue weighted by Crippen LogP contribution is 2.31. The van der Waals surface area contributed by atoms with Gasteiger partial charge in [0.2, 0.25) is 0 Å². The van der Waals surface area contributed by atoms with Crippen molar-refractivity contribution in [2.75, 3.05) is 13.1 Å². The molecule has 32 heavy (non-hydrogen) atoms. The Bertz CT molecular complexity index is 1100. The lowest BCUT2D eigenvalue weighted by molar-refractivity contribution is -0.384. The van der Waals surface area contributed by atoms with Crippen molar-refractivity contribution in [2.24, 2.45) is 0 Å². The molecule has 1 aromatic carbocycles. The van der Waals surface area contributed by atoms with E-state index in [9.17, 15) is 19.7 Å². The van der Waals surface area contributed by atoms with Gasteiger partial charge in [-0.15, -0.1) is 0 Å². The average molecular weight is 444 g/mol. The van der Waals surface area contributed by atoms with Crippen LogP contribution in [0.2, 0.25) is 0 Å². The van der Waals surface area contributed by atoms with Crippen molar-refractivity contribution in [1.29, 1.82) is 0 Å². The van der Waals surface area contributed by atoms with E-state index in [0.29, 0.717) is 36.1 Å². The second-order valence-electron chi connectivity index (χ2n) is 9.61. The molecule has 10 heteroatoms. The standard InChI is InChI=1S/C22H28N4O6/c1-21(2,3)31-19(27)24-11-9-14(10-12-24)18-16-8-7-15(26(29)30)13-17(16)25(23-18)20(28)32-22(4,5)6/h7-9,13H,10-12H2,1-6H3. The average Bonchev–Trinajstić information content (AvgIpc) is 3.04. The molecular weight excluding hydrogens is 416 g/mol. The summed E-state index contributed by atoms with van der Waals surface area (Å²) >= 11 is 0. The molecule has 172 valence electrons. The van der Waals surface area contributed by atoms with Crippen LogP contribution in [0.1, 0.15) is 53.7 Å². The second-order valence-corrected chi connectivity index (χ2v) is 9.61. The summed E-state index contributed by atoms with van der Waals surface area (Å²) in [5.74, 6) is 0. The highest BCUT2D eigenvalue weighted by atomic mass is 16.6. The third-order valence-electron chi connectivity index (χ3n) is 4.61. The Kier molecular flexibility index (Phi) is 5.99. The van der Waals surface area contributed by atoms with Crippen LogP contribution in [0.15, 0.2) is 24.3 Å². The van der Waals surface area contributed by atoms with Crippen molar-refractivity contribution in [2.45, 2.75) is 59.2 Å². The number of amides is 1. The van der Waals surface area contributed by atoms with Crippen LogP contribution in [0.25, 0.3) is 16.5 Å². The largest absolute Gasteiger partial charge is 0.444 e. The van der Waals surface area contributed by atoms with Gasteiger partial charge >= 0.3 is 12.2 Å². The number of benzene rings is 1. The molecule has 0 atom stereocenters. The Morgan fingerprint density at radius 1 is 1.06 bits per heavy atom. The molecule has 1 amide bonds. The van der Waals surface area contributed by atoms with Crippen LogP contribution in [0.5, 0.6) is 0 Å². The zero-order valence-electron chi connectivity index (χ0n) is 19.2. The predicted octanol–water partition coefficient (Wildman–Crippen LogP) is 4.75. The molecule has 0 spiro atoms. The summed E-state index contributed by atoms with van der Waals surface area (Å²) in [5.41, 5.74) is 0.170. The number of ether oxygens (including phenoxy) is 2. The molecule has 0 saturated carbocycles. The SMILES string of the molecule is CC(C)(C)OC(=O)N1CC=C(c2nn(C(=O)OC(C)(C)C)c3cc([N+](=O)[O-])ccc23)CC1. The molecule has 10 nitrogen and oxygen atoms in total.